The summed E-state index contributed by atoms with van der Waals surface area (Å²) in [5, 5.41) is -5.50. The van der Waals surface area contributed by atoms with E-state index >= 15 is 0 Å². The first-order valence-electron chi connectivity index (χ1n) is 5.33. The van der Waals surface area contributed by atoms with Crippen molar-refractivity contribution in [3.8, 4) is 0 Å². The molecule has 0 saturated heterocycles. The molecular weight excluding hydrogens is 296 g/mol. The number of ether oxygens (including phenoxy) is 2. The maximum absolute atomic E-state index is 13.0. The van der Waals surface area contributed by atoms with Gasteiger partial charge >= 0.3 is 21.3 Å². The Morgan fingerprint density at radius 3 is 2.16 bits per heavy atom. The van der Waals surface area contributed by atoms with Crippen molar-refractivity contribution in [1.29, 1.82) is 0 Å². The molecule has 0 bridgehead atoms. The van der Waals surface area contributed by atoms with Crippen LogP contribution in [0.3, 0.4) is 0 Å². The zero-order valence-corrected chi connectivity index (χ0v) is 11.2. The Bertz CT molecular complexity index is 371. The van der Waals surface area contributed by atoms with Gasteiger partial charge in [0.1, 0.15) is 0 Å². The third kappa shape index (κ3) is 5.21. The number of hydrogen-bond donors (Lipinski definition) is 1. The van der Waals surface area contributed by atoms with Gasteiger partial charge in [-0.15, -0.1) is 0 Å². The van der Waals surface area contributed by atoms with Gasteiger partial charge in [0.05, 0.1) is 0 Å². The number of hydrogen-bond acceptors (Lipinski definition) is 4. The van der Waals surface area contributed by atoms with Gasteiger partial charge < -0.3 is 9.47 Å². The highest BCUT2D eigenvalue weighted by Crippen LogP contribution is 2.41. The van der Waals surface area contributed by atoms with Crippen LogP contribution < -0.4 is 0 Å². The summed E-state index contributed by atoms with van der Waals surface area (Å²) in [6.07, 6.45) is -2.32. The van der Waals surface area contributed by atoms with Crippen LogP contribution in [0, 0.1) is 0 Å². The van der Waals surface area contributed by atoms with Crippen LogP contribution in [0.1, 0.15) is 26.2 Å². The van der Waals surface area contributed by atoms with E-state index in [9.17, 15) is 26.0 Å². The van der Waals surface area contributed by atoms with E-state index in [1.54, 1.807) is 6.92 Å². The average Bonchev–Trinajstić information content (AvgIpc) is 2.26. The molecule has 0 radical (unpaired) electrons. The molecule has 0 spiro atoms. The van der Waals surface area contributed by atoms with E-state index < -0.39 is 40.4 Å². The molecule has 0 aliphatic rings. The fraction of sp³-hybridized carbons (Fsp3) is 1.00. The molecule has 0 amide bonds. The SMILES string of the molecule is COC(C)OCCCCC(F)(F)C(F)(F)S(=O)(=O)O. The first-order chi connectivity index (χ1) is 8.45. The quantitative estimate of drug-likeness (QED) is 0.306. The lowest BCUT2D eigenvalue weighted by Crippen LogP contribution is -2.46. The topological polar surface area (TPSA) is 72.8 Å². The van der Waals surface area contributed by atoms with Crippen molar-refractivity contribution < 1.29 is 40.0 Å². The number of alkyl halides is 4. The first kappa shape index (κ1) is 18.6. The molecule has 1 atom stereocenters. The number of unbranched alkanes of at least 4 members (excludes halogenated alkanes) is 1. The maximum Gasteiger partial charge on any atom is 0.431 e. The van der Waals surface area contributed by atoms with Crippen molar-refractivity contribution in [2.45, 2.75) is 43.7 Å². The Hall–Kier alpha value is -0.450. The van der Waals surface area contributed by atoms with Crippen LogP contribution in [-0.4, -0.2) is 44.2 Å². The van der Waals surface area contributed by atoms with Crippen LogP contribution in [0.15, 0.2) is 0 Å². The van der Waals surface area contributed by atoms with Crippen molar-refractivity contribution in [3.05, 3.63) is 0 Å². The molecule has 5 nitrogen and oxygen atoms in total. The van der Waals surface area contributed by atoms with E-state index in [2.05, 4.69) is 0 Å². The number of halogens is 4. The van der Waals surface area contributed by atoms with Crippen molar-refractivity contribution in [2.75, 3.05) is 13.7 Å². The summed E-state index contributed by atoms with van der Waals surface area (Å²) in [6, 6.07) is 0. The molecule has 1 unspecified atom stereocenters. The van der Waals surface area contributed by atoms with Crippen LogP contribution in [0.2, 0.25) is 0 Å². The molecule has 0 fully saturated rings. The predicted molar refractivity (Wildman–Crippen MR) is 57.7 cm³/mol. The van der Waals surface area contributed by atoms with E-state index in [0.29, 0.717) is 0 Å². The zero-order chi connectivity index (χ0) is 15.3. The van der Waals surface area contributed by atoms with Gasteiger partial charge in [-0.2, -0.15) is 26.0 Å². The third-order valence-corrected chi connectivity index (χ3v) is 3.27. The van der Waals surface area contributed by atoms with Crippen LogP contribution >= 0.6 is 0 Å². The van der Waals surface area contributed by atoms with Gasteiger partial charge in [-0.05, 0) is 19.8 Å². The van der Waals surface area contributed by atoms with Crippen molar-refractivity contribution >= 4 is 10.1 Å². The molecule has 19 heavy (non-hydrogen) atoms. The largest absolute Gasteiger partial charge is 0.431 e. The fourth-order valence-corrected chi connectivity index (χ4v) is 1.58. The Morgan fingerprint density at radius 2 is 1.74 bits per heavy atom. The molecule has 10 heteroatoms. The molecule has 0 heterocycles. The summed E-state index contributed by atoms with van der Waals surface area (Å²) in [6.45, 7) is 1.56. The molecular formula is C9H16F4O5S. The second-order valence-electron chi connectivity index (χ2n) is 3.83. The highest BCUT2D eigenvalue weighted by molar-refractivity contribution is 7.87. The molecule has 116 valence electrons. The smallest absolute Gasteiger partial charge is 0.356 e. The summed E-state index contributed by atoms with van der Waals surface area (Å²) in [5.41, 5.74) is 0. The van der Waals surface area contributed by atoms with E-state index in [4.69, 9.17) is 14.0 Å². The zero-order valence-electron chi connectivity index (χ0n) is 10.4. The molecule has 0 aliphatic heterocycles. The Labute approximate surface area is 108 Å². The van der Waals surface area contributed by atoms with Crippen LogP contribution in [-0.2, 0) is 19.6 Å². The summed E-state index contributed by atoms with van der Waals surface area (Å²) >= 11 is 0. The van der Waals surface area contributed by atoms with E-state index in [1.807, 2.05) is 0 Å². The van der Waals surface area contributed by atoms with Gasteiger partial charge in [0.15, 0.2) is 6.29 Å². The number of rotatable bonds is 9. The third-order valence-electron chi connectivity index (χ3n) is 2.32. The van der Waals surface area contributed by atoms with Crippen molar-refractivity contribution in [1.82, 2.24) is 0 Å². The molecule has 0 saturated carbocycles. The van der Waals surface area contributed by atoms with Gasteiger partial charge in [-0.25, -0.2) is 0 Å². The molecule has 0 rings (SSSR count). The van der Waals surface area contributed by atoms with Gasteiger partial charge in [-0.1, -0.05) is 0 Å². The predicted octanol–water partition coefficient (Wildman–Crippen LogP) is 2.28. The Morgan fingerprint density at radius 1 is 1.21 bits per heavy atom. The Balaban J connectivity index is 4.26. The lowest BCUT2D eigenvalue weighted by atomic mass is 10.1. The van der Waals surface area contributed by atoms with Crippen LogP contribution in [0.25, 0.3) is 0 Å². The minimum absolute atomic E-state index is 0.00251. The van der Waals surface area contributed by atoms with Crippen molar-refractivity contribution in [3.63, 3.8) is 0 Å². The summed E-state index contributed by atoms with van der Waals surface area (Å²) in [4.78, 5) is 0. The minimum atomic E-state index is -6.15. The van der Waals surface area contributed by atoms with E-state index in [0.717, 1.165) is 0 Å². The molecule has 0 aliphatic carbocycles. The first-order valence-corrected chi connectivity index (χ1v) is 6.77. The van der Waals surface area contributed by atoms with Gasteiger partial charge in [-0.3, -0.25) is 4.55 Å². The number of methoxy groups -OCH3 is 1. The summed E-state index contributed by atoms with van der Waals surface area (Å²) in [7, 11) is -4.79. The lowest BCUT2D eigenvalue weighted by Gasteiger charge is -2.23. The monoisotopic (exact) mass is 312 g/mol. The van der Waals surface area contributed by atoms with E-state index in [-0.39, 0.29) is 13.0 Å². The summed E-state index contributed by atoms with van der Waals surface area (Å²) in [5.74, 6) is -4.84. The second kappa shape index (κ2) is 6.82. The van der Waals surface area contributed by atoms with Crippen molar-refractivity contribution in [2.24, 2.45) is 0 Å². The summed E-state index contributed by atoms with van der Waals surface area (Å²) < 4.78 is 89.6. The Kier molecular flexibility index (Phi) is 6.66. The van der Waals surface area contributed by atoms with Crippen LogP contribution in [0.4, 0.5) is 17.6 Å². The van der Waals surface area contributed by atoms with E-state index in [1.165, 1.54) is 7.11 Å². The normalized spacial score (nSPS) is 15.5. The molecule has 0 aromatic carbocycles. The van der Waals surface area contributed by atoms with Gasteiger partial charge in [0.2, 0.25) is 0 Å². The van der Waals surface area contributed by atoms with Gasteiger partial charge in [0, 0.05) is 20.1 Å². The lowest BCUT2D eigenvalue weighted by molar-refractivity contribution is -0.165. The molecule has 0 aromatic rings. The second-order valence-corrected chi connectivity index (χ2v) is 5.29. The highest BCUT2D eigenvalue weighted by Gasteiger charge is 2.64. The maximum atomic E-state index is 13.0. The van der Waals surface area contributed by atoms with Gasteiger partial charge in [0.25, 0.3) is 0 Å². The van der Waals surface area contributed by atoms with Crippen LogP contribution in [0.5, 0.6) is 0 Å². The minimum Gasteiger partial charge on any atom is -0.356 e. The standard InChI is InChI=1S/C9H16F4O5S/c1-7(17-2)18-6-4-3-5-8(10,11)9(12,13)19(14,15)16/h7H,3-6H2,1-2H3,(H,14,15,16). The molecule has 0 aromatic heterocycles. The molecule has 1 N–H and O–H groups in total. The highest BCUT2D eigenvalue weighted by atomic mass is 32.2. The average molecular weight is 312 g/mol. The fourth-order valence-electron chi connectivity index (χ4n) is 1.10.